The average Bonchev–Trinajstić information content (AvgIpc) is 2.90. The summed E-state index contributed by atoms with van der Waals surface area (Å²) >= 11 is 12.0. The molecule has 1 N–H and O–H groups in total. The van der Waals surface area contributed by atoms with Crippen molar-refractivity contribution in [3.8, 4) is 0 Å². The van der Waals surface area contributed by atoms with Crippen LogP contribution in [0.4, 0.5) is 0 Å². The molecule has 2 aliphatic heterocycles. The lowest BCUT2D eigenvalue weighted by atomic mass is 9.96. The lowest BCUT2D eigenvalue weighted by Crippen LogP contribution is -2.46. The Labute approximate surface area is 175 Å². The third-order valence-electron chi connectivity index (χ3n) is 5.39. The smallest absolute Gasteiger partial charge is 0.262 e. The number of rotatable bonds is 7. The largest absolute Gasteiger partial charge is 0.356 e. The third-order valence-corrected chi connectivity index (χ3v) is 6.11. The fourth-order valence-electron chi connectivity index (χ4n) is 3.68. The Kier molecular flexibility index (Phi) is 6.96. The summed E-state index contributed by atoms with van der Waals surface area (Å²) in [5.41, 5.74) is 0.585. The number of halogens is 2. The second-order valence-corrected chi connectivity index (χ2v) is 8.20. The zero-order chi connectivity index (χ0) is 20.3. The second kappa shape index (κ2) is 9.25. The maximum absolute atomic E-state index is 12.6. The number of carbonyl (C=O) groups excluding carboxylic acids is 3. The van der Waals surface area contributed by atoms with Crippen molar-refractivity contribution in [2.45, 2.75) is 39.0 Å². The maximum atomic E-state index is 12.6. The van der Waals surface area contributed by atoms with Crippen LogP contribution in [-0.4, -0.2) is 53.8 Å². The van der Waals surface area contributed by atoms with Gasteiger partial charge < -0.3 is 5.32 Å². The molecule has 0 atom stereocenters. The van der Waals surface area contributed by atoms with Crippen molar-refractivity contribution in [1.82, 2.24) is 15.1 Å². The van der Waals surface area contributed by atoms with Gasteiger partial charge in [0.1, 0.15) is 0 Å². The molecule has 0 radical (unpaired) electrons. The highest BCUT2D eigenvalue weighted by molar-refractivity contribution is 6.43. The van der Waals surface area contributed by atoms with E-state index in [1.165, 1.54) is 17.0 Å². The summed E-state index contributed by atoms with van der Waals surface area (Å²) in [6.45, 7) is 4.42. The number of unbranched alkanes of at least 4 members (excludes halogenated alkanes) is 2. The van der Waals surface area contributed by atoms with E-state index in [-0.39, 0.29) is 40.4 Å². The van der Waals surface area contributed by atoms with E-state index in [0.717, 1.165) is 38.6 Å². The Balaban J connectivity index is 1.52. The summed E-state index contributed by atoms with van der Waals surface area (Å²) in [6, 6.07) is 2.91. The number of benzene rings is 1. The monoisotopic (exact) mass is 425 g/mol. The van der Waals surface area contributed by atoms with Crippen LogP contribution in [0.2, 0.25) is 10.0 Å². The van der Waals surface area contributed by atoms with Crippen LogP contribution in [0.15, 0.2) is 12.1 Å². The van der Waals surface area contributed by atoms with Gasteiger partial charge in [-0.1, -0.05) is 43.0 Å². The third kappa shape index (κ3) is 4.50. The van der Waals surface area contributed by atoms with Crippen molar-refractivity contribution in [3.05, 3.63) is 33.3 Å². The molecule has 28 heavy (non-hydrogen) atoms. The van der Waals surface area contributed by atoms with Gasteiger partial charge in [0.05, 0.1) is 27.8 Å². The molecule has 1 aromatic carbocycles. The van der Waals surface area contributed by atoms with E-state index in [4.69, 9.17) is 23.2 Å². The zero-order valence-corrected chi connectivity index (χ0v) is 17.5. The van der Waals surface area contributed by atoms with Crippen LogP contribution in [0.25, 0.3) is 0 Å². The minimum atomic E-state index is -0.352. The second-order valence-electron chi connectivity index (χ2n) is 7.38. The van der Waals surface area contributed by atoms with E-state index in [0.29, 0.717) is 24.2 Å². The van der Waals surface area contributed by atoms with E-state index in [1.807, 2.05) is 4.90 Å². The number of amides is 3. The Morgan fingerprint density at radius 2 is 1.64 bits per heavy atom. The molecule has 8 heteroatoms. The van der Waals surface area contributed by atoms with Gasteiger partial charge in [0, 0.05) is 25.6 Å². The van der Waals surface area contributed by atoms with Crippen molar-refractivity contribution in [3.63, 3.8) is 0 Å². The van der Waals surface area contributed by atoms with Gasteiger partial charge >= 0.3 is 0 Å². The van der Waals surface area contributed by atoms with E-state index >= 15 is 0 Å². The van der Waals surface area contributed by atoms with Gasteiger partial charge in [-0.3, -0.25) is 24.2 Å². The van der Waals surface area contributed by atoms with E-state index in [2.05, 4.69) is 12.2 Å². The van der Waals surface area contributed by atoms with Gasteiger partial charge in [-0.2, -0.15) is 0 Å². The standard InChI is InChI=1S/C20H25Cl2N3O3/c1-2-3-4-7-23-18(26)13-5-8-24(9-6-13)12-25-19(27)14-10-16(21)17(22)11-15(14)20(25)28/h10-11,13H,2-9,12H2,1H3,(H,23,26). The summed E-state index contributed by atoms with van der Waals surface area (Å²) < 4.78 is 0. The molecule has 6 nitrogen and oxygen atoms in total. The molecule has 1 aromatic rings. The topological polar surface area (TPSA) is 69.7 Å². The van der Waals surface area contributed by atoms with Crippen LogP contribution in [0.3, 0.4) is 0 Å². The Bertz CT molecular complexity index is 735. The fraction of sp³-hybridized carbons (Fsp3) is 0.550. The summed E-state index contributed by atoms with van der Waals surface area (Å²) in [5.74, 6) is -0.595. The van der Waals surface area contributed by atoms with Crippen LogP contribution < -0.4 is 5.32 Å². The Hall–Kier alpha value is -1.63. The molecule has 0 spiro atoms. The number of hydrogen-bond acceptors (Lipinski definition) is 4. The van der Waals surface area contributed by atoms with Crippen molar-refractivity contribution < 1.29 is 14.4 Å². The molecule has 0 aromatic heterocycles. The number of hydrogen-bond donors (Lipinski definition) is 1. The van der Waals surface area contributed by atoms with Crippen LogP contribution in [0.1, 0.15) is 59.7 Å². The quantitative estimate of drug-likeness (QED) is 0.535. The number of imide groups is 1. The lowest BCUT2D eigenvalue weighted by Gasteiger charge is -2.33. The van der Waals surface area contributed by atoms with Gasteiger partial charge in [0.25, 0.3) is 11.8 Å². The van der Waals surface area contributed by atoms with Crippen LogP contribution in [0.5, 0.6) is 0 Å². The molecule has 1 fully saturated rings. The predicted molar refractivity (Wildman–Crippen MR) is 109 cm³/mol. The van der Waals surface area contributed by atoms with E-state index in [9.17, 15) is 14.4 Å². The number of nitrogens with zero attached hydrogens (tertiary/aromatic N) is 2. The molecule has 152 valence electrons. The van der Waals surface area contributed by atoms with Crippen LogP contribution in [-0.2, 0) is 4.79 Å². The SMILES string of the molecule is CCCCCNC(=O)C1CCN(CN2C(=O)c3cc(Cl)c(Cl)cc3C2=O)CC1. The first-order valence-corrected chi connectivity index (χ1v) is 10.5. The molecule has 3 rings (SSSR count). The molecule has 1 saturated heterocycles. The molecular weight excluding hydrogens is 401 g/mol. The first-order valence-electron chi connectivity index (χ1n) is 9.77. The molecule has 0 unspecified atom stereocenters. The molecule has 2 heterocycles. The first kappa shape index (κ1) is 21.1. The van der Waals surface area contributed by atoms with Crippen molar-refractivity contribution in [2.24, 2.45) is 5.92 Å². The Morgan fingerprint density at radius 3 is 2.18 bits per heavy atom. The fourth-order valence-corrected chi connectivity index (χ4v) is 4.01. The van der Waals surface area contributed by atoms with Crippen LogP contribution >= 0.6 is 23.2 Å². The van der Waals surface area contributed by atoms with Gasteiger partial charge in [0.2, 0.25) is 5.91 Å². The molecule has 0 aliphatic carbocycles. The predicted octanol–water partition coefficient (Wildman–Crippen LogP) is 3.57. The van der Waals surface area contributed by atoms with Gasteiger partial charge in [0.15, 0.2) is 0 Å². The minimum Gasteiger partial charge on any atom is -0.356 e. The van der Waals surface area contributed by atoms with Crippen LogP contribution in [0, 0.1) is 5.92 Å². The first-order chi connectivity index (χ1) is 13.4. The number of likely N-dealkylation sites (tertiary alicyclic amines) is 1. The van der Waals surface area contributed by atoms with E-state index in [1.54, 1.807) is 0 Å². The molecule has 0 saturated carbocycles. The van der Waals surface area contributed by atoms with Gasteiger partial charge in [-0.05, 0) is 31.4 Å². The molecule has 0 bridgehead atoms. The highest BCUT2D eigenvalue weighted by Crippen LogP contribution is 2.32. The number of fused-ring (bicyclic) bond motifs is 1. The maximum Gasteiger partial charge on any atom is 0.262 e. The number of carbonyl (C=O) groups is 3. The Morgan fingerprint density at radius 1 is 1.07 bits per heavy atom. The zero-order valence-electron chi connectivity index (χ0n) is 16.0. The van der Waals surface area contributed by atoms with Gasteiger partial charge in [-0.25, -0.2) is 0 Å². The average molecular weight is 426 g/mol. The molecule has 3 amide bonds. The van der Waals surface area contributed by atoms with Gasteiger partial charge in [-0.15, -0.1) is 0 Å². The van der Waals surface area contributed by atoms with Crippen molar-refractivity contribution >= 4 is 40.9 Å². The number of piperidine rings is 1. The van der Waals surface area contributed by atoms with Crippen molar-refractivity contribution in [1.29, 1.82) is 0 Å². The molecular formula is C20H25Cl2N3O3. The summed E-state index contributed by atoms with van der Waals surface area (Å²) in [4.78, 5) is 40.7. The van der Waals surface area contributed by atoms with Crippen molar-refractivity contribution in [2.75, 3.05) is 26.3 Å². The van der Waals surface area contributed by atoms with E-state index < -0.39 is 0 Å². The summed E-state index contributed by atoms with van der Waals surface area (Å²) in [5, 5.41) is 3.53. The number of nitrogens with one attached hydrogen (secondary N) is 1. The summed E-state index contributed by atoms with van der Waals surface area (Å²) in [6.07, 6.45) is 4.70. The summed E-state index contributed by atoms with van der Waals surface area (Å²) in [7, 11) is 0. The highest BCUT2D eigenvalue weighted by atomic mass is 35.5. The molecule has 2 aliphatic rings. The normalized spacial score (nSPS) is 17.9. The highest BCUT2D eigenvalue weighted by Gasteiger charge is 2.38. The minimum absolute atomic E-state index is 0.00216. The lowest BCUT2D eigenvalue weighted by molar-refractivity contribution is -0.126.